The largest absolute Gasteiger partial charge is 0.484 e. The van der Waals surface area contributed by atoms with Gasteiger partial charge in [0.2, 0.25) is 0 Å². The predicted molar refractivity (Wildman–Crippen MR) is 133 cm³/mol. The van der Waals surface area contributed by atoms with Crippen molar-refractivity contribution in [2.75, 3.05) is 19.8 Å². The molecular weight excluding hydrogens is 495 g/mol. The number of dihydropyridines is 1. The predicted octanol–water partition coefficient (Wildman–Crippen LogP) is 5.19. The van der Waals surface area contributed by atoms with Gasteiger partial charge in [0.25, 0.3) is 11.8 Å². The molecule has 4 rings (SSSR count). The van der Waals surface area contributed by atoms with Crippen molar-refractivity contribution in [1.82, 2.24) is 16.0 Å². The zero-order chi connectivity index (χ0) is 26.3. The average Bonchev–Trinajstić information content (AvgIpc) is 2.83. The number of benzene rings is 1. The van der Waals surface area contributed by atoms with Crippen molar-refractivity contribution in [2.45, 2.75) is 44.8 Å². The number of piperidine rings is 1. The first-order valence-corrected chi connectivity index (χ1v) is 12.1. The van der Waals surface area contributed by atoms with E-state index in [1.807, 2.05) is 6.08 Å². The second-order valence-corrected chi connectivity index (χ2v) is 9.27. The fourth-order valence-electron chi connectivity index (χ4n) is 3.86. The van der Waals surface area contributed by atoms with Gasteiger partial charge in [0, 0.05) is 36.8 Å². The van der Waals surface area contributed by atoms with Crippen LogP contribution in [0.5, 0.6) is 5.75 Å². The summed E-state index contributed by atoms with van der Waals surface area (Å²) in [6, 6.07) is 3.98. The Hall–Kier alpha value is -2.91. The molecule has 36 heavy (non-hydrogen) atoms. The standard InChI is InChI=1S/C26H31ClF3N3O3/c1-4-17(6-5-11-31-24(34)14-35-19-8-9-20(27)21(28)13-19)16(2)32-23-12-18-7-10-22(23)33-25(18)36-15-26(3,29)30/h4,8-9,12-13,17,25,32-33H,1-2,5-7,10-11,14-15H2,3H3,(H,31,34). The van der Waals surface area contributed by atoms with Crippen LogP contribution in [0.15, 0.2) is 66.2 Å². The first kappa shape index (κ1) is 27.7. The van der Waals surface area contributed by atoms with Gasteiger partial charge in [0.15, 0.2) is 6.61 Å². The summed E-state index contributed by atoms with van der Waals surface area (Å²) in [5, 5.41) is 9.23. The van der Waals surface area contributed by atoms with Crippen molar-refractivity contribution < 1.29 is 27.4 Å². The number of carbonyl (C=O) groups excluding carboxylic acids is 1. The number of fused-ring (bicyclic) bond motifs is 3. The highest BCUT2D eigenvalue weighted by Crippen LogP contribution is 2.32. The van der Waals surface area contributed by atoms with E-state index in [9.17, 15) is 18.0 Å². The number of amides is 1. The molecule has 2 heterocycles. The second kappa shape index (κ2) is 12.4. The van der Waals surface area contributed by atoms with Crippen LogP contribution >= 0.6 is 11.6 Å². The molecule has 1 fully saturated rings. The summed E-state index contributed by atoms with van der Waals surface area (Å²) in [4.78, 5) is 12.0. The Balaban J connectivity index is 1.39. The van der Waals surface area contributed by atoms with Crippen LogP contribution in [0.2, 0.25) is 5.02 Å². The number of hydrogen-bond donors (Lipinski definition) is 3. The van der Waals surface area contributed by atoms with E-state index in [0.29, 0.717) is 19.4 Å². The summed E-state index contributed by atoms with van der Waals surface area (Å²) >= 11 is 5.63. The summed E-state index contributed by atoms with van der Waals surface area (Å²) in [6.07, 6.45) is 6.05. The zero-order valence-electron chi connectivity index (χ0n) is 20.1. The maximum atomic E-state index is 13.4. The highest BCUT2D eigenvalue weighted by atomic mass is 35.5. The molecular formula is C26H31ClF3N3O3. The van der Waals surface area contributed by atoms with Crippen molar-refractivity contribution in [3.63, 3.8) is 0 Å². The Morgan fingerprint density at radius 1 is 1.39 bits per heavy atom. The van der Waals surface area contributed by atoms with Crippen molar-refractivity contribution in [3.8, 4) is 5.75 Å². The molecule has 2 atom stereocenters. The van der Waals surface area contributed by atoms with E-state index in [1.54, 1.807) is 6.08 Å². The van der Waals surface area contributed by atoms with E-state index in [4.69, 9.17) is 21.1 Å². The van der Waals surface area contributed by atoms with Crippen molar-refractivity contribution in [2.24, 2.45) is 5.92 Å². The third-order valence-corrected chi connectivity index (χ3v) is 6.07. The lowest BCUT2D eigenvalue weighted by Gasteiger charge is -2.36. The number of halogens is 4. The molecule has 1 aromatic rings. The number of allylic oxidation sites excluding steroid dienone is 3. The molecule has 0 aromatic heterocycles. The quantitative estimate of drug-likeness (QED) is 0.230. The van der Waals surface area contributed by atoms with Gasteiger partial charge in [0.1, 0.15) is 24.4 Å². The Kier molecular flexibility index (Phi) is 9.50. The summed E-state index contributed by atoms with van der Waals surface area (Å²) in [5.74, 6) is -3.65. The first-order valence-electron chi connectivity index (χ1n) is 11.7. The van der Waals surface area contributed by atoms with E-state index in [1.165, 1.54) is 12.1 Å². The highest BCUT2D eigenvalue weighted by Gasteiger charge is 2.31. The van der Waals surface area contributed by atoms with Gasteiger partial charge >= 0.3 is 0 Å². The van der Waals surface area contributed by atoms with Gasteiger partial charge in [-0.15, -0.1) is 6.58 Å². The van der Waals surface area contributed by atoms with Gasteiger partial charge in [-0.3, -0.25) is 4.79 Å². The number of alkyl halides is 2. The molecule has 0 radical (unpaired) electrons. The second-order valence-electron chi connectivity index (χ2n) is 8.87. The minimum Gasteiger partial charge on any atom is -0.484 e. The lowest BCUT2D eigenvalue weighted by Crippen LogP contribution is -2.43. The molecule has 2 aliphatic heterocycles. The Bertz CT molecular complexity index is 1050. The lowest BCUT2D eigenvalue weighted by molar-refractivity contribution is -0.123. The summed E-state index contributed by atoms with van der Waals surface area (Å²) in [7, 11) is 0. The Labute approximate surface area is 214 Å². The molecule has 196 valence electrons. The third-order valence-electron chi connectivity index (χ3n) is 5.77. The molecule has 3 N–H and O–H groups in total. The summed E-state index contributed by atoms with van der Waals surface area (Å²) < 4.78 is 50.3. The molecule has 0 saturated carbocycles. The van der Waals surface area contributed by atoms with Crippen LogP contribution in [-0.2, 0) is 9.53 Å². The molecule has 0 spiro atoms. The normalized spacial score (nSPS) is 17.7. The van der Waals surface area contributed by atoms with Crippen LogP contribution in [0.25, 0.3) is 0 Å². The molecule has 2 unspecified atom stereocenters. The monoisotopic (exact) mass is 525 g/mol. The third kappa shape index (κ3) is 8.06. The van der Waals surface area contributed by atoms with Crippen LogP contribution in [-0.4, -0.2) is 37.8 Å². The molecule has 1 aliphatic carbocycles. The van der Waals surface area contributed by atoms with Crippen molar-refractivity contribution >= 4 is 17.5 Å². The van der Waals surface area contributed by atoms with Crippen LogP contribution in [0.1, 0.15) is 32.6 Å². The minimum atomic E-state index is -2.89. The van der Waals surface area contributed by atoms with Gasteiger partial charge < -0.3 is 25.4 Å². The molecule has 10 heteroatoms. The summed E-state index contributed by atoms with van der Waals surface area (Å²) in [5.41, 5.74) is 3.40. The maximum Gasteiger partial charge on any atom is 0.268 e. The van der Waals surface area contributed by atoms with E-state index in [0.717, 1.165) is 48.5 Å². The Morgan fingerprint density at radius 3 is 2.81 bits per heavy atom. The molecule has 1 saturated heterocycles. The zero-order valence-corrected chi connectivity index (χ0v) is 20.9. The van der Waals surface area contributed by atoms with E-state index >= 15 is 0 Å². The number of ether oxygens (including phenoxy) is 2. The topological polar surface area (TPSA) is 71.6 Å². The number of rotatable bonds is 14. The first-order chi connectivity index (χ1) is 17.1. The van der Waals surface area contributed by atoms with Crippen LogP contribution in [0.3, 0.4) is 0 Å². The van der Waals surface area contributed by atoms with Gasteiger partial charge in [-0.2, -0.15) is 0 Å². The molecule has 1 amide bonds. The van der Waals surface area contributed by atoms with E-state index in [2.05, 4.69) is 29.1 Å². The number of hydrogen-bond acceptors (Lipinski definition) is 5. The van der Waals surface area contributed by atoms with Crippen molar-refractivity contribution in [1.29, 1.82) is 0 Å². The van der Waals surface area contributed by atoms with Crippen molar-refractivity contribution in [3.05, 3.63) is 77.0 Å². The van der Waals surface area contributed by atoms with Crippen LogP contribution in [0, 0.1) is 11.7 Å². The minimum absolute atomic E-state index is 0.0157. The maximum absolute atomic E-state index is 13.4. The molecule has 2 bridgehead atoms. The van der Waals surface area contributed by atoms with Gasteiger partial charge in [-0.1, -0.05) is 24.3 Å². The molecule has 6 nitrogen and oxygen atoms in total. The number of carbonyl (C=O) groups is 1. The fraction of sp³-hybridized carbons (Fsp3) is 0.423. The van der Waals surface area contributed by atoms with Gasteiger partial charge in [-0.25, -0.2) is 13.2 Å². The van der Waals surface area contributed by atoms with Crippen LogP contribution in [0.4, 0.5) is 13.2 Å². The molecule has 1 aromatic carbocycles. The lowest BCUT2D eigenvalue weighted by atomic mass is 9.92. The van der Waals surface area contributed by atoms with E-state index < -0.39 is 24.6 Å². The molecule has 3 aliphatic rings. The fourth-order valence-corrected chi connectivity index (χ4v) is 3.98. The number of nitrogens with one attached hydrogen (secondary N) is 3. The smallest absolute Gasteiger partial charge is 0.268 e. The van der Waals surface area contributed by atoms with E-state index in [-0.39, 0.29) is 29.2 Å². The highest BCUT2D eigenvalue weighted by molar-refractivity contribution is 6.30. The van der Waals surface area contributed by atoms with Gasteiger partial charge in [-0.05, 0) is 49.5 Å². The SMILES string of the molecule is C=CC(CCCNC(=O)COc1ccc(Cl)c(F)c1)C(=C)NC1=C2CCC(=C1)C(OCC(C)(F)F)N2. The van der Waals surface area contributed by atoms with Gasteiger partial charge in [0.05, 0.1) is 10.7 Å². The van der Waals surface area contributed by atoms with Crippen LogP contribution < -0.4 is 20.7 Å². The Morgan fingerprint density at radius 2 is 2.17 bits per heavy atom. The average molecular weight is 526 g/mol. The summed E-state index contributed by atoms with van der Waals surface area (Å²) in [6.45, 7) is 8.39.